The Morgan fingerprint density at radius 3 is 2.67 bits per heavy atom. The molecule has 0 unspecified atom stereocenters. The van der Waals surface area contributed by atoms with Gasteiger partial charge in [0.1, 0.15) is 11.6 Å². The molecule has 0 spiro atoms. The molecule has 0 aliphatic carbocycles. The van der Waals surface area contributed by atoms with Crippen molar-refractivity contribution in [1.29, 1.82) is 0 Å². The fourth-order valence-corrected chi connectivity index (χ4v) is 2.39. The molecule has 0 aliphatic heterocycles. The van der Waals surface area contributed by atoms with Crippen molar-refractivity contribution >= 4 is 16.6 Å². The second-order valence-electron chi connectivity index (χ2n) is 5.50. The number of benzene rings is 1. The van der Waals surface area contributed by atoms with Crippen LogP contribution in [0.1, 0.15) is 31.2 Å². The van der Waals surface area contributed by atoms with Gasteiger partial charge >= 0.3 is 0 Å². The standard InChI is InChI=1S/C17H18N4/c1-10(2)17-20-15(11(3)16(18)21-17)13-6-4-5-12-7-8-19-9-14(12)13/h4-10H,1-3H3,(H2,18,20,21). The van der Waals surface area contributed by atoms with Crippen molar-refractivity contribution in [2.45, 2.75) is 26.7 Å². The van der Waals surface area contributed by atoms with E-state index in [0.717, 1.165) is 33.4 Å². The normalized spacial score (nSPS) is 11.2. The maximum atomic E-state index is 6.07. The van der Waals surface area contributed by atoms with E-state index in [2.05, 4.69) is 35.9 Å². The summed E-state index contributed by atoms with van der Waals surface area (Å²) in [5.41, 5.74) is 8.93. The predicted molar refractivity (Wildman–Crippen MR) is 86.0 cm³/mol. The van der Waals surface area contributed by atoms with Crippen molar-refractivity contribution in [3.8, 4) is 11.3 Å². The number of nitrogens with two attached hydrogens (primary N) is 1. The van der Waals surface area contributed by atoms with E-state index >= 15 is 0 Å². The van der Waals surface area contributed by atoms with Gasteiger partial charge in [0.15, 0.2) is 0 Å². The summed E-state index contributed by atoms with van der Waals surface area (Å²) in [6.07, 6.45) is 3.67. The smallest absolute Gasteiger partial charge is 0.133 e. The Labute approximate surface area is 124 Å². The molecule has 4 heteroatoms. The van der Waals surface area contributed by atoms with E-state index in [1.165, 1.54) is 0 Å². The second kappa shape index (κ2) is 5.13. The van der Waals surface area contributed by atoms with Crippen LogP contribution >= 0.6 is 0 Å². The summed E-state index contributed by atoms with van der Waals surface area (Å²) in [6.45, 7) is 6.10. The van der Waals surface area contributed by atoms with E-state index in [4.69, 9.17) is 10.7 Å². The molecule has 0 radical (unpaired) electrons. The van der Waals surface area contributed by atoms with Crippen molar-refractivity contribution in [3.05, 3.63) is 48.0 Å². The van der Waals surface area contributed by atoms with Gasteiger partial charge in [-0.05, 0) is 18.4 Å². The zero-order chi connectivity index (χ0) is 15.0. The lowest BCUT2D eigenvalue weighted by atomic mass is 10.0. The monoisotopic (exact) mass is 278 g/mol. The maximum absolute atomic E-state index is 6.07. The van der Waals surface area contributed by atoms with Gasteiger partial charge in [-0.2, -0.15) is 0 Å². The number of rotatable bonds is 2. The fourth-order valence-electron chi connectivity index (χ4n) is 2.39. The van der Waals surface area contributed by atoms with Gasteiger partial charge in [-0.3, -0.25) is 4.98 Å². The number of fused-ring (bicyclic) bond motifs is 1. The van der Waals surface area contributed by atoms with Crippen molar-refractivity contribution in [1.82, 2.24) is 15.0 Å². The Hall–Kier alpha value is -2.49. The largest absolute Gasteiger partial charge is 0.383 e. The van der Waals surface area contributed by atoms with Gasteiger partial charge in [-0.1, -0.05) is 32.0 Å². The lowest BCUT2D eigenvalue weighted by Gasteiger charge is -2.13. The summed E-state index contributed by atoms with van der Waals surface area (Å²) in [5.74, 6) is 1.55. The number of anilines is 1. The summed E-state index contributed by atoms with van der Waals surface area (Å²) in [5, 5.41) is 2.22. The first-order valence-electron chi connectivity index (χ1n) is 7.05. The van der Waals surface area contributed by atoms with Crippen LogP contribution in [0.4, 0.5) is 5.82 Å². The molecule has 2 N–H and O–H groups in total. The zero-order valence-electron chi connectivity index (χ0n) is 12.5. The van der Waals surface area contributed by atoms with Crippen LogP contribution in [0.25, 0.3) is 22.0 Å². The number of hydrogen-bond acceptors (Lipinski definition) is 4. The fraction of sp³-hybridized carbons (Fsp3) is 0.235. The first kappa shape index (κ1) is 13.5. The average molecular weight is 278 g/mol. The highest BCUT2D eigenvalue weighted by Crippen LogP contribution is 2.31. The van der Waals surface area contributed by atoms with Crippen LogP contribution in [0.3, 0.4) is 0 Å². The molecule has 0 aliphatic rings. The third kappa shape index (κ3) is 2.33. The molecular weight excluding hydrogens is 260 g/mol. The topological polar surface area (TPSA) is 64.7 Å². The van der Waals surface area contributed by atoms with Crippen LogP contribution in [0, 0.1) is 6.92 Å². The summed E-state index contributed by atoms with van der Waals surface area (Å²) in [7, 11) is 0. The minimum atomic E-state index is 0.236. The highest BCUT2D eigenvalue weighted by Gasteiger charge is 2.14. The van der Waals surface area contributed by atoms with Crippen LogP contribution in [0.5, 0.6) is 0 Å². The molecule has 2 aromatic heterocycles. The first-order valence-corrected chi connectivity index (χ1v) is 7.05. The molecule has 0 bridgehead atoms. The third-order valence-electron chi connectivity index (χ3n) is 3.66. The molecular formula is C17H18N4. The molecule has 0 fully saturated rings. The lowest BCUT2D eigenvalue weighted by molar-refractivity contribution is 0.776. The van der Waals surface area contributed by atoms with Crippen LogP contribution in [-0.2, 0) is 0 Å². The van der Waals surface area contributed by atoms with Gasteiger partial charge < -0.3 is 5.73 Å². The zero-order valence-corrected chi connectivity index (χ0v) is 12.5. The third-order valence-corrected chi connectivity index (χ3v) is 3.66. The number of hydrogen-bond donors (Lipinski definition) is 1. The van der Waals surface area contributed by atoms with E-state index in [1.54, 1.807) is 6.20 Å². The Morgan fingerprint density at radius 2 is 1.90 bits per heavy atom. The second-order valence-corrected chi connectivity index (χ2v) is 5.50. The number of nitrogen functional groups attached to an aromatic ring is 1. The van der Waals surface area contributed by atoms with Crippen LogP contribution < -0.4 is 5.73 Å². The SMILES string of the molecule is Cc1c(N)nc(C(C)C)nc1-c1cccc2ccncc12. The Bertz CT molecular complexity index is 804. The molecule has 106 valence electrons. The first-order chi connectivity index (χ1) is 10.1. The minimum Gasteiger partial charge on any atom is -0.383 e. The van der Waals surface area contributed by atoms with Gasteiger partial charge in [0.05, 0.1) is 5.69 Å². The summed E-state index contributed by atoms with van der Waals surface area (Å²) < 4.78 is 0. The number of nitrogens with zero attached hydrogens (tertiary/aromatic N) is 3. The molecule has 0 saturated heterocycles. The molecule has 21 heavy (non-hydrogen) atoms. The van der Waals surface area contributed by atoms with Gasteiger partial charge in [0.2, 0.25) is 0 Å². The molecule has 2 heterocycles. The van der Waals surface area contributed by atoms with Gasteiger partial charge in [0.25, 0.3) is 0 Å². The van der Waals surface area contributed by atoms with Crippen LogP contribution in [0.15, 0.2) is 36.7 Å². The minimum absolute atomic E-state index is 0.236. The van der Waals surface area contributed by atoms with Crippen molar-refractivity contribution in [2.75, 3.05) is 5.73 Å². The van der Waals surface area contributed by atoms with Gasteiger partial charge in [-0.25, -0.2) is 9.97 Å². The lowest BCUT2D eigenvalue weighted by Crippen LogP contribution is -2.06. The summed E-state index contributed by atoms with van der Waals surface area (Å²) in [4.78, 5) is 13.4. The molecule has 1 aromatic carbocycles. The number of pyridine rings is 1. The van der Waals surface area contributed by atoms with E-state index in [1.807, 2.05) is 25.3 Å². The molecule has 4 nitrogen and oxygen atoms in total. The average Bonchev–Trinajstić information content (AvgIpc) is 2.49. The number of aromatic nitrogens is 3. The predicted octanol–water partition coefficient (Wildman–Crippen LogP) is 3.71. The van der Waals surface area contributed by atoms with Crippen LogP contribution in [0.2, 0.25) is 0 Å². The maximum Gasteiger partial charge on any atom is 0.133 e. The molecule has 3 rings (SSSR count). The molecule has 3 aromatic rings. The van der Waals surface area contributed by atoms with Crippen molar-refractivity contribution < 1.29 is 0 Å². The van der Waals surface area contributed by atoms with E-state index in [0.29, 0.717) is 5.82 Å². The van der Waals surface area contributed by atoms with E-state index in [9.17, 15) is 0 Å². The van der Waals surface area contributed by atoms with Crippen LogP contribution in [-0.4, -0.2) is 15.0 Å². The van der Waals surface area contributed by atoms with E-state index < -0.39 is 0 Å². The Morgan fingerprint density at radius 1 is 1.10 bits per heavy atom. The summed E-state index contributed by atoms with van der Waals surface area (Å²) in [6, 6.07) is 8.17. The molecule has 0 saturated carbocycles. The molecule has 0 amide bonds. The Balaban J connectivity index is 2.32. The Kier molecular flexibility index (Phi) is 3.29. The van der Waals surface area contributed by atoms with E-state index in [-0.39, 0.29) is 5.92 Å². The summed E-state index contributed by atoms with van der Waals surface area (Å²) >= 11 is 0. The van der Waals surface area contributed by atoms with Crippen molar-refractivity contribution in [2.24, 2.45) is 0 Å². The molecule has 0 atom stereocenters. The van der Waals surface area contributed by atoms with Gasteiger partial charge in [-0.15, -0.1) is 0 Å². The highest BCUT2D eigenvalue weighted by molar-refractivity contribution is 5.96. The van der Waals surface area contributed by atoms with Crippen molar-refractivity contribution in [3.63, 3.8) is 0 Å². The van der Waals surface area contributed by atoms with Gasteiger partial charge in [0, 0.05) is 34.8 Å². The quantitative estimate of drug-likeness (QED) is 0.776. The highest BCUT2D eigenvalue weighted by atomic mass is 15.0.